The summed E-state index contributed by atoms with van der Waals surface area (Å²) in [6, 6.07) is 0.183. The van der Waals surface area contributed by atoms with E-state index in [2.05, 4.69) is 33.0 Å². The SMILES string of the molecule is C=CC(=O)N1CCC[C@@H](Nc2ncnc3[nH]cc([C@@H]4CC4COC)c23)C1. The summed E-state index contributed by atoms with van der Waals surface area (Å²) in [7, 11) is 1.75. The first-order chi connectivity index (χ1) is 12.7. The van der Waals surface area contributed by atoms with Crippen molar-refractivity contribution in [3.63, 3.8) is 0 Å². The Kier molecular flexibility index (Phi) is 4.63. The molecule has 3 atom stereocenters. The summed E-state index contributed by atoms with van der Waals surface area (Å²) >= 11 is 0. The van der Waals surface area contributed by atoms with Crippen LogP contribution in [0.2, 0.25) is 0 Å². The number of nitrogens with one attached hydrogen (secondary N) is 2. The van der Waals surface area contributed by atoms with Crippen LogP contribution < -0.4 is 5.32 Å². The second-order valence-electron chi connectivity index (χ2n) is 7.22. The van der Waals surface area contributed by atoms with Crippen LogP contribution >= 0.6 is 0 Å². The molecule has 138 valence electrons. The molecular formula is C19H25N5O2. The van der Waals surface area contributed by atoms with Crippen LogP contribution in [0.15, 0.2) is 25.2 Å². The maximum absolute atomic E-state index is 11.9. The minimum atomic E-state index is -0.00736. The van der Waals surface area contributed by atoms with Crippen LogP contribution in [0.25, 0.3) is 11.0 Å². The molecule has 2 aromatic heterocycles. The molecule has 0 radical (unpaired) electrons. The second-order valence-corrected chi connectivity index (χ2v) is 7.22. The molecule has 2 aromatic rings. The van der Waals surface area contributed by atoms with Crippen LogP contribution in [-0.2, 0) is 9.53 Å². The average Bonchev–Trinajstić information content (AvgIpc) is 3.28. The van der Waals surface area contributed by atoms with Gasteiger partial charge in [0.05, 0.1) is 5.39 Å². The highest BCUT2D eigenvalue weighted by atomic mass is 16.5. The van der Waals surface area contributed by atoms with Crippen molar-refractivity contribution in [2.75, 3.05) is 32.1 Å². The van der Waals surface area contributed by atoms with E-state index in [-0.39, 0.29) is 11.9 Å². The third-order valence-corrected chi connectivity index (χ3v) is 5.45. The van der Waals surface area contributed by atoms with Crippen molar-refractivity contribution >= 4 is 22.8 Å². The number of methoxy groups -OCH3 is 1. The number of amides is 1. The molecule has 1 unspecified atom stereocenters. The first-order valence-electron chi connectivity index (χ1n) is 9.20. The van der Waals surface area contributed by atoms with Crippen molar-refractivity contribution in [2.24, 2.45) is 5.92 Å². The Bertz CT molecular complexity index is 817. The van der Waals surface area contributed by atoms with Gasteiger partial charge in [0.25, 0.3) is 0 Å². The van der Waals surface area contributed by atoms with Crippen LogP contribution in [0.1, 0.15) is 30.7 Å². The Morgan fingerprint density at radius 1 is 1.54 bits per heavy atom. The summed E-state index contributed by atoms with van der Waals surface area (Å²) < 4.78 is 5.30. The van der Waals surface area contributed by atoms with Gasteiger partial charge in [-0.25, -0.2) is 9.97 Å². The van der Waals surface area contributed by atoms with E-state index < -0.39 is 0 Å². The number of carbonyl (C=O) groups excluding carboxylic acids is 1. The van der Waals surface area contributed by atoms with Crippen LogP contribution in [0.5, 0.6) is 0 Å². The Labute approximate surface area is 152 Å². The van der Waals surface area contributed by atoms with E-state index in [4.69, 9.17) is 4.74 Å². The number of H-pyrrole nitrogens is 1. The van der Waals surface area contributed by atoms with Gasteiger partial charge in [0.1, 0.15) is 17.8 Å². The van der Waals surface area contributed by atoms with Gasteiger partial charge in [0.15, 0.2) is 0 Å². The van der Waals surface area contributed by atoms with Crippen LogP contribution in [0.4, 0.5) is 5.82 Å². The summed E-state index contributed by atoms with van der Waals surface area (Å²) in [5.41, 5.74) is 2.12. The second kappa shape index (κ2) is 7.07. The van der Waals surface area contributed by atoms with Gasteiger partial charge in [0, 0.05) is 39.0 Å². The molecule has 2 aliphatic rings. The number of ether oxygens (including phenoxy) is 1. The van der Waals surface area contributed by atoms with Gasteiger partial charge in [-0.3, -0.25) is 4.79 Å². The van der Waals surface area contributed by atoms with Crippen molar-refractivity contribution in [1.82, 2.24) is 19.9 Å². The van der Waals surface area contributed by atoms with Gasteiger partial charge >= 0.3 is 0 Å². The lowest BCUT2D eigenvalue weighted by molar-refractivity contribution is -0.127. The molecule has 26 heavy (non-hydrogen) atoms. The molecule has 7 nitrogen and oxygen atoms in total. The van der Waals surface area contributed by atoms with Crippen LogP contribution in [-0.4, -0.2) is 58.6 Å². The maximum atomic E-state index is 11.9. The molecule has 3 heterocycles. The van der Waals surface area contributed by atoms with E-state index in [9.17, 15) is 4.79 Å². The molecule has 0 aromatic carbocycles. The lowest BCUT2D eigenvalue weighted by Crippen LogP contribution is -2.44. The number of rotatable bonds is 6. The van der Waals surface area contributed by atoms with Gasteiger partial charge in [-0.1, -0.05) is 6.58 Å². The van der Waals surface area contributed by atoms with E-state index in [0.29, 0.717) is 18.4 Å². The zero-order valence-electron chi connectivity index (χ0n) is 15.1. The van der Waals surface area contributed by atoms with Gasteiger partial charge < -0.3 is 19.9 Å². The molecule has 2 N–H and O–H groups in total. The highest BCUT2D eigenvalue weighted by molar-refractivity contribution is 5.91. The number of likely N-dealkylation sites (tertiary alicyclic amines) is 1. The number of anilines is 1. The fourth-order valence-electron chi connectivity index (χ4n) is 4.03. The topological polar surface area (TPSA) is 83.1 Å². The largest absolute Gasteiger partial charge is 0.384 e. The van der Waals surface area contributed by atoms with Crippen LogP contribution in [0.3, 0.4) is 0 Å². The van der Waals surface area contributed by atoms with E-state index >= 15 is 0 Å². The Morgan fingerprint density at radius 3 is 3.23 bits per heavy atom. The normalized spacial score (nSPS) is 25.3. The fraction of sp³-hybridized carbons (Fsp3) is 0.526. The zero-order chi connectivity index (χ0) is 18.1. The Balaban J connectivity index is 1.56. The first-order valence-corrected chi connectivity index (χ1v) is 9.20. The monoisotopic (exact) mass is 355 g/mol. The van der Waals surface area contributed by atoms with E-state index in [1.165, 1.54) is 11.6 Å². The summed E-state index contributed by atoms with van der Waals surface area (Å²) in [4.78, 5) is 25.9. The maximum Gasteiger partial charge on any atom is 0.246 e. The zero-order valence-corrected chi connectivity index (χ0v) is 15.1. The van der Waals surface area contributed by atoms with E-state index in [0.717, 1.165) is 49.3 Å². The Morgan fingerprint density at radius 2 is 2.42 bits per heavy atom. The quantitative estimate of drug-likeness (QED) is 0.777. The van der Waals surface area contributed by atoms with Gasteiger partial charge in [-0.15, -0.1) is 0 Å². The molecule has 0 bridgehead atoms. The summed E-state index contributed by atoms with van der Waals surface area (Å²) in [6.07, 6.45) is 8.16. The summed E-state index contributed by atoms with van der Waals surface area (Å²) in [5, 5.41) is 4.63. The van der Waals surface area contributed by atoms with Gasteiger partial charge in [0.2, 0.25) is 5.91 Å². The highest BCUT2D eigenvalue weighted by Gasteiger charge is 2.40. The van der Waals surface area contributed by atoms with E-state index in [1.54, 1.807) is 13.4 Å². The fourth-order valence-corrected chi connectivity index (χ4v) is 4.03. The molecule has 0 spiro atoms. The lowest BCUT2D eigenvalue weighted by atomic mass is 10.0. The third kappa shape index (κ3) is 3.19. The number of hydrogen-bond donors (Lipinski definition) is 2. The smallest absolute Gasteiger partial charge is 0.246 e. The molecule has 1 aliphatic carbocycles. The molecular weight excluding hydrogens is 330 g/mol. The summed E-state index contributed by atoms with van der Waals surface area (Å²) in [5.74, 6) is 1.92. The predicted molar refractivity (Wildman–Crippen MR) is 100 cm³/mol. The van der Waals surface area contributed by atoms with Crippen molar-refractivity contribution in [3.8, 4) is 0 Å². The minimum Gasteiger partial charge on any atom is -0.384 e. The molecule has 1 saturated heterocycles. The van der Waals surface area contributed by atoms with Crippen molar-refractivity contribution in [1.29, 1.82) is 0 Å². The molecule has 2 fully saturated rings. The molecule has 7 heteroatoms. The number of aromatic nitrogens is 3. The summed E-state index contributed by atoms with van der Waals surface area (Å²) in [6.45, 7) is 5.84. The first kappa shape index (κ1) is 17.0. The molecule has 1 aliphatic heterocycles. The number of carbonyl (C=O) groups is 1. The predicted octanol–water partition coefficient (Wildman–Crippen LogP) is 2.30. The van der Waals surface area contributed by atoms with Crippen molar-refractivity contribution < 1.29 is 9.53 Å². The number of piperidine rings is 1. The van der Waals surface area contributed by atoms with Crippen molar-refractivity contribution in [2.45, 2.75) is 31.2 Å². The minimum absolute atomic E-state index is 0.00736. The van der Waals surface area contributed by atoms with E-state index in [1.807, 2.05) is 4.90 Å². The third-order valence-electron chi connectivity index (χ3n) is 5.45. The van der Waals surface area contributed by atoms with Gasteiger partial charge in [-0.05, 0) is 42.7 Å². The van der Waals surface area contributed by atoms with Crippen LogP contribution in [0, 0.1) is 5.92 Å². The van der Waals surface area contributed by atoms with Gasteiger partial charge in [-0.2, -0.15) is 0 Å². The standard InChI is InChI=1S/C19H25N5O2/c1-3-16(25)24-6-4-5-13(9-24)23-19-17-15(14-7-12(14)10-26-2)8-20-18(17)21-11-22-19/h3,8,11-14H,1,4-7,9-10H2,2H3,(H2,20,21,22,23)/t12?,13-,14-/m1/s1. The Hall–Kier alpha value is -2.41. The number of hydrogen-bond acceptors (Lipinski definition) is 5. The average molecular weight is 355 g/mol. The number of nitrogens with zero attached hydrogens (tertiary/aromatic N) is 3. The highest BCUT2D eigenvalue weighted by Crippen LogP contribution is 2.50. The lowest BCUT2D eigenvalue weighted by Gasteiger charge is -2.33. The molecule has 1 amide bonds. The number of aromatic amines is 1. The molecule has 4 rings (SSSR count). The number of fused-ring (bicyclic) bond motifs is 1. The molecule has 1 saturated carbocycles. The van der Waals surface area contributed by atoms with Crippen molar-refractivity contribution in [3.05, 3.63) is 30.7 Å².